The van der Waals surface area contributed by atoms with Gasteiger partial charge in [0.05, 0.1) is 18.5 Å². The molecule has 1 aromatic heterocycles. The lowest BCUT2D eigenvalue weighted by molar-refractivity contribution is -0.116. The number of amides is 1. The van der Waals surface area contributed by atoms with E-state index in [1.807, 2.05) is 72.8 Å². The monoisotopic (exact) mass is 453 g/mol. The first-order chi connectivity index (χ1) is 16.6. The van der Waals surface area contributed by atoms with Gasteiger partial charge in [-0.1, -0.05) is 84.9 Å². The van der Waals surface area contributed by atoms with Crippen molar-refractivity contribution in [1.29, 1.82) is 0 Å². The number of hydrogen-bond acceptors (Lipinski definition) is 5. The van der Waals surface area contributed by atoms with Crippen molar-refractivity contribution >= 4 is 11.7 Å². The lowest BCUT2D eigenvalue weighted by Gasteiger charge is -2.16. The number of rotatable bonds is 9. The summed E-state index contributed by atoms with van der Waals surface area (Å²) in [5, 5.41) is 23.2. The highest BCUT2D eigenvalue weighted by Gasteiger charge is 2.20. The van der Waals surface area contributed by atoms with Crippen molar-refractivity contribution in [2.45, 2.75) is 32.0 Å². The van der Waals surface area contributed by atoms with E-state index >= 15 is 0 Å². The van der Waals surface area contributed by atoms with Gasteiger partial charge in [-0.05, 0) is 29.5 Å². The maximum Gasteiger partial charge on any atom is 0.225 e. The number of aliphatic hydroxyl groups excluding tert-OH is 2. The molecule has 0 aliphatic heterocycles. The first-order valence-electron chi connectivity index (χ1n) is 11.3. The summed E-state index contributed by atoms with van der Waals surface area (Å²) in [7, 11) is 0. The van der Waals surface area contributed by atoms with Crippen LogP contribution in [0.15, 0.2) is 91.1 Å². The van der Waals surface area contributed by atoms with Crippen molar-refractivity contribution in [3.8, 4) is 11.3 Å². The molecule has 0 fully saturated rings. The maximum absolute atomic E-state index is 12.7. The van der Waals surface area contributed by atoms with Crippen LogP contribution in [-0.4, -0.2) is 26.1 Å². The Morgan fingerprint density at radius 2 is 1.56 bits per heavy atom. The molecule has 1 atom stereocenters. The van der Waals surface area contributed by atoms with E-state index in [0.29, 0.717) is 24.1 Å². The van der Waals surface area contributed by atoms with Crippen LogP contribution in [-0.2, 0) is 17.8 Å². The summed E-state index contributed by atoms with van der Waals surface area (Å²) >= 11 is 0. The molecule has 0 aliphatic rings. The van der Waals surface area contributed by atoms with Crippen molar-refractivity contribution in [3.63, 3.8) is 0 Å². The number of aromatic nitrogens is 2. The summed E-state index contributed by atoms with van der Waals surface area (Å²) in [5.41, 5.74) is 4.28. The zero-order chi connectivity index (χ0) is 23.8. The molecule has 1 heterocycles. The van der Waals surface area contributed by atoms with E-state index < -0.39 is 6.10 Å². The number of nitrogens with one attached hydrogen (secondary N) is 1. The Labute approximate surface area is 199 Å². The van der Waals surface area contributed by atoms with Crippen molar-refractivity contribution < 1.29 is 15.0 Å². The molecule has 6 heteroatoms. The van der Waals surface area contributed by atoms with Gasteiger partial charge < -0.3 is 15.5 Å². The van der Waals surface area contributed by atoms with Gasteiger partial charge in [-0.25, -0.2) is 9.97 Å². The van der Waals surface area contributed by atoms with Gasteiger partial charge >= 0.3 is 0 Å². The van der Waals surface area contributed by atoms with E-state index in [9.17, 15) is 15.0 Å². The van der Waals surface area contributed by atoms with Crippen LogP contribution in [0.4, 0.5) is 5.82 Å². The second-order valence-corrected chi connectivity index (χ2v) is 8.04. The average molecular weight is 454 g/mol. The fourth-order valence-electron chi connectivity index (χ4n) is 3.70. The lowest BCUT2D eigenvalue weighted by atomic mass is 10.0. The van der Waals surface area contributed by atoms with E-state index in [2.05, 4.69) is 15.3 Å². The second-order valence-electron chi connectivity index (χ2n) is 8.04. The third-order valence-corrected chi connectivity index (χ3v) is 5.58. The molecule has 34 heavy (non-hydrogen) atoms. The molecular formula is C28H27N3O3. The number of aliphatic hydroxyl groups is 2. The van der Waals surface area contributed by atoms with Crippen molar-refractivity contribution in [1.82, 2.24) is 9.97 Å². The van der Waals surface area contributed by atoms with Crippen LogP contribution in [0, 0.1) is 0 Å². The topological polar surface area (TPSA) is 95.3 Å². The highest BCUT2D eigenvalue weighted by Crippen LogP contribution is 2.28. The van der Waals surface area contributed by atoms with Gasteiger partial charge in [0.15, 0.2) is 5.82 Å². The maximum atomic E-state index is 12.7. The van der Waals surface area contributed by atoms with Crippen LogP contribution >= 0.6 is 0 Å². The largest absolute Gasteiger partial charge is 0.392 e. The smallest absolute Gasteiger partial charge is 0.225 e. The molecule has 0 radical (unpaired) electrons. The van der Waals surface area contributed by atoms with Gasteiger partial charge in [0.1, 0.15) is 11.8 Å². The average Bonchev–Trinajstić information content (AvgIpc) is 2.90. The van der Waals surface area contributed by atoms with Crippen LogP contribution in [0.2, 0.25) is 0 Å². The molecule has 0 bridgehead atoms. The Hall–Kier alpha value is -3.87. The SMILES string of the molecule is O=C(CCCc1ccccc1)Nc1ncc(-c2ccc(CO)cc2)nc1C(O)c1ccccc1. The summed E-state index contributed by atoms with van der Waals surface area (Å²) in [4.78, 5) is 21.8. The van der Waals surface area contributed by atoms with Crippen molar-refractivity contribution in [2.75, 3.05) is 5.32 Å². The van der Waals surface area contributed by atoms with Gasteiger partial charge in [0.25, 0.3) is 0 Å². The normalized spacial score (nSPS) is 11.7. The predicted molar refractivity (Wildman–Crippen MR) is 132 cm³/mol. The number of anilines is 1. The molecule has 4 rings (SSSR count). The highest BCUT2D eigenvalue weighted by atomic mass is 16.3. The molecule has 6 nitrogen and oxygen atoms in total. The van der Waals surface area contributed by atoms with E-state index in [0.717, 1.165) is 17.5 Å². The number of nitrogens with zero attached hydrogens (tertiary/aromatic N) is 2. The molecule has 0 spiro atoms. The third kappa shape index (κ3) is 5.92. The molecule has 3 aromatic carbocycles. The Balaban J connectivity index is 1.55. The number of carbonyl (C=O) groups excluding carboxylic acids is 1. The van der Waals surface area contributed by atoms with Gasteiger partial charge in [0.2, 0.25) is 5.91 Å². The predicted octanol–water partition coefficient (Wildman–Crippen LogP) is 4.68. The minimum Gasteiger partial charge on any atom is -0.392 e. The van der Waals surface area contributed by atoms with E-state index in [1.54, 1.807) is 18.3 Å². The minimum atomic E-state index is -1.05. The van der Waals surface area contributed by atoms with Crippen LogP contribution < -0.4 is 5.32 Å². The number of aryl methyl sites for hydroxylation is 1. The zero-order valence-electron chi connectivity index (χ0n) is 18.8. The van der Waals surface area contributed by atoms with E-state index in [4.69, 9.17) is 0 Å². The van der Waals surface area contributed by atoms with Crippen LogP contribution in [0.5, 0.6) is 0 Å². The fraction of sp³-hybridized carbons (Fsp3) is 0.179. The molecule has 4 aromatic rings. The third-order valence-electron chi connectivity index (χ3n) is 5.58. The van der Waals surface area contributed by atoms with Crippen molar-refractivity contribution in [3.05, 3.63) is 114 Å². The Kier molecular flexibility index (Phi) is 7.75. The van der Waals surface area contributed by atoms with Gasteiger partial charge in [-0.15, -0.1) is 0 Å². The van der Waals surface area contributed by atoms with Crippen LogP contribution in [0.25, 0.3) is 11.3 Å². The summed E-state index contributed by atoms with van der Waals surface area (Å²) in [6.45, 7) is -0.0425. The lowest BCUT2D eigenvalue weighted by Crippen LogP contribution is -2.17. The first kappa shape index (κ1) is 23.3. The van der Waals surface area contributed by atoms with Gasteiger partial charge in [0, 0.05) is 12.0 Å². The van der Waals surface area contributed by atoms with Crippen molar-refractivity contribution in [2.24, 2.45) is 0 Å². The van der Waals surface area contributed by atoms with Gasteiger partial charge in [-0.2, -0.15) is 0 Å². The Bertz CT molecular complexity index is 1210. The highest BCUT2D eigenvalue weighted by molar-refractivity contribution is 5.90. The molecule has 1 unspecified atom stereocenters. The van der Waals surface area contributed by atoms with Crippen LogP contribution in [0.1, 0.15) is 41.3 Å². The second kappa shape index (κ2) is 11.3. The molecular weight excluding hydrogens is 426 g/mol. The number of benzene rings is 3. The number of hydrogen-bond donors (Lipinski definition) is 3. The molecule has 0 saturated carbocycles. The molecule has 0 aliphatic carbocycles. The summed E-state index contributed by atoms with van der Waals surface area (Å²) in [6.07, 6.45) is 2.37. The fourth-order valence-corrected chi connectivity index (χ4v) is 3.70. The van der Waals surface area contributed by atoms with Gasteiger partial charge in [-0.3, -0.25) is 4.79 Å². The summed E-state index contributed by atoms with van der Waals surface area (Å²) < 4.78 is 0. The molecule has 0 saturated heterocycles. The quantitative estimate of drug-likeness (QED) is 0.342. The first-order valence-corrected chi connectivity index (χ1v) is 11.3. The summed E-state index contributed by atoms with van der Waals surface area (Å²) in [6, 6.07) is 26.5. The minimum absolute atomic E-state index is 0.0425. The Morgan fingerprint density at radius 1 is 0.882 bits per heavy atom. The zero-order valence-corrected chi connectivity index (χ0v) is 18.8. The molecule has 172 valence electrons. The standard InChI is InChI=1S/C28H27N3O3/c32-19-21-14-16-22(17-15-21)24-18-29-28(26(30-24)27(34)23-11-5-2-6-12-23)31-25(33)13-7-10-20-8-3-1-4-9-20/h1-6,8-9,11-12,14-18,27,32,34H,7,10,13,19H2,(H,29,31,33). The summed E-state index contributed by atoms with van der Waals surface area (Å²) in [5.74, 6) is 0.0728. The van der Waals surface area contributed by atoms with E-state index in [-0.39, 0.29) is 24.0 Å². The van der Waals surface area contributed by atoms with E-state index in [1.165, 1.54) is 5.56 Å². The molecule has 3 N–H and O–H groups in total. The number of carbonyl (C=O) groups is 1. The Morgan fingerprint density at radius 3 is 2.24 bits per heavy atom. The molecule has 1 amide bonds. The van der Waals surface area contributed by atoms with Crippen LogP contribution in [0.3, 0.4) is 0 Å².